The van der Waals surface area contributed by atoms with Gasteiger partial charge in [0.15, 0.2) is 5.76 Å². The minimum Gasteiger partial charge on any atom is -0.494 e. The second-order valence-electron chi connectivity index (χ2n) is 7.80. The number of nitrogens with zero attached hydrogens (tertiary/aromatic N) is 5. The van der Waals surface area contributed by atoms with E-state index in [0.717, 1.165) is 0 Å². The van der Waals surface area contributed by atoms with Gasteiger partial charge in [-0.2, -0.15) is 0 Å². The fourth-order valence-electron chi connectivity index (χ4n) is 3.59. The van der Waals surface area contributed by atoms with Crippen molar-refractivity contribution >= 4 is 16.0 Å². The zero-order valence-corrected chi connectivity index (χ0v) is 20.6. The molecule has 4 rings (SSSR count). The number of ether oxygens (including phenoxy) is 2. The molecular weight excluding hydrogens is 476 g/mol. The van der Waals surface area contributed by atoms with Crippen molar-refractivity contribution in [3.63, 3.8) is 0 Å². The largest absolute Gasteiger partial charge is 0.494 e. The van der Waals surface area contributed by atoms with Gasteiger partial charge in [-0.1, -0.05) is 6.07 Å². The van der Waals surface area contributed by atoms with Crippen LogP contribution in [0.2, 0.25) is 0 Å². The molecule has 0 saturated carbocycles. The molecule has 0 fully saturated rings. The Morgan fingerprint density at radius 1 is 1.11 bits per heavy atom. The highest BCUT2D eigenvalue weighted by atomic mass is 32.2. The van der Waals surface area contributed by atoms with Crippen LogP contribution in [-0.2, 0) is 17.1 Å². The highest BCUT2D eigenvalue weighted by Gasteiger charge is 2.34. The molecule has 4 aromatic rings. The molecule has 3 aromatic heterocycles. The standard InChI is InChI=1S/C22H26N6O6S/c1-13-9-10-17(34-13)20-24-25-22(28(20)18-15(32-4)7-6-8-16(18)33-5)26-35(30,31)14(2)19(29)21-23-11-12-27(21)3/h6-12,14,19,29H,1-5H3,(H,25,26)/t14-,19-/m0/s1. The first kappa shape index (κ1) is 24.3. The number of nitrogens with one attached hydrogen (secondary N) is 1. The Balaban J connectivity index is 1.84. The Hall–Kier alpha value is -3.84. The van der Waals surface area contributed by atoms with Crippen LogP contribution in [-0.4, -0.2) is 57.3 Å². The average Bonchev–Trinajstić information content (AvgIpc) is 3.57. The van der Waals surface area contributed by atoms with Crippen molar-refractivity contribution in [3.8, 4) is 28.8 Å². The topological polar surface area (TPSA) is 147 Å². The number of aliphatic hydroxyl groups excluding tert-OH is 1. The monoisotopic (exact) mass is 502 g/mol. The van der Waals surface area contributed by atoms with Gasteiger partial charge in [0.2, 0.25) is 21.8 Å². The summed E-state index contributed by atoms with van der Waals surface area (Å²) in [5.74, 6) is 2.05. The predicted octanol–water partition coefficient (Wildman–Crippen LogP) is 2.45. The molecule has 2 N–H and O–H groups in total. The molecule has 2 atom stereocenters. The molecule has 0 bridgehead atoms. The molecular formula is C22H26N6O6S. The molecule has 0 amide bonds. The summed E-state index contributed by atoms with van der Waals surface area (Å²) < 4.78 is 48.9. The molecule has 0 aliphatic rings. The van der Waals surface area contributed by atoms with Gasteiger partial charge in [-0.05, 0) is 38.1 Å². The third kappa shape index (κ3) is 4.47. The molecule has 35 heavy (non-hydrogen) atoms. The normalized spacial score (nSPS) is 13.4. The number of benzene rings is 1. The van der Waals surface area contributed by atoms with E-state index in [9.17, 15) is 13.5 Å². The van der Waals surface area contributed by atoms with Gasteiger partial charge < -0.3 is 23.6 Å². The van der Waals surface area contributed by atoms with Gasteiger partial charge in [0.05, 0.1) is 14.2 Å². The summed E-state index contributed by atoms with van der Waals surface area (Å²) in [6.07, 6.45) is 1.71. The number of aliphatic hydroxyl groups is 1. The lowest BCUT2D eigenvalue weighted by Crippen LogP contribution is -2.33. The molecule has 0 radical (unpaired) electrons. The number of aromatic nitrogens is 5. The van der Waals surface area contributed by atoms with Gasteiger partial charge in [-0.3, -0.25) is 9.29 Å². The number of hydrogen-bond acceptors (Lipinski definition) is 9. The summed E-state index contributed by atoms with van der Waals surface area (Å²) in [7, 11) is 0.451. The molecule has 0 unspecified atom stereocenters. The first-order valence-corrected chi connectivity index (χ1v) is 12.1. The highest BCUT2D eigenvalue weighted by molar-refractivity contribution is 7.93. The van der Waals surface area contributed by atoms with Gasteiger partial charge in [0.1, 0.15) is 40.1 Å². The Morgan fingerprint density at radius 2 is 1.80 bits per heavy atom. The summed E-state index contributed by atoms with van der Waals surface area (Å²) in [5, 5.41) is 17.7. The van der Waals surface area contributed by atoms with Crippen molar-refractivity contribution in [1.29, 1.82) is 0 Å². The number of aryl methyl sites for hydroxylation is 2. The SMILES string of the molecule is COc1cccc(OC)c1-n1c(NS(=O)(=O)[C@@H](C)[C@H](O)c2nccn2C)nnc1-c1ccc(C)o1. The number of furan rings is 1. The van der Waals surface area contributed by atoms with Gasteiger partial charge in [0.25, 0.3) is 0 Å². The number of hydrogen-bond donors (Lipinski definition) is 2. The minimum atomic E-state index is -4.18. The minimum absolute atomic E-state index is 0.143. The van der Waals surface area contributed by atoms with Crippen LogP contribution >= 0.6 is 0 Å². The second kappa shape index (κ2) is 9.43. The van der Waals surface area contributed by atoms with E-state index in [1.807, 2.05) is 0 Å². The van der Waals surface area contributed by atoms with E-state index in [1.165, 1.54) is 31.9 Å². The lowest BCUT2D eigenvalue weighted by Gasteiger charge is -2.21. The van der Waals surface area contributed by atoms with E-state index >= 15 is 0 Å². The van der Waals surface area contributed by atoms with Crippen LogP contribution in [0.5, 0.6) is 11.5 Å². The third-order valence-corrected chi connectivity index (χ3v) is 7.24. The molecule has 0 saturated heterocycles. The van der Waals surface area contributed by atoms with Gasteiger partial charge in [-0.15, -0.1) is 10.2 Å². The maximum absolute atomic E-state index is 13.3. The Bertz CT molecular complexity index is 1420. The van der Waals surface area contributed by atoms with E-state index < -0.39 is 21.4 Å². The Kier molecular flexibility index (Phi) is 6.54. The number of imidazole rings is 1. The van der Waals surface area contributed by atoms with Crippen LogP contribution in [0, 0.1) is 6.92 Å². The van der Waals surface area contributed by atoms with Crippen LogP contribution in [0.1, 0.15) is 24.6 Å². The summed E-state index contributed by atoms with van der Waals surface area (Å²) in [6, 6.07) is 8.57. The molecule has 0 aliphatic carbocycles. The van der Waals surface area contributed by atoms with Gasteiger partial charge in [-0.25, -0.2) is 13.4 Å². The van der Waals surface area contributed by atoms with E-state index in [0.29, 0.717) is 28.7 Å². The molecule has 13 heteroatoms. The summed E-state index contributed by atoms with van der Waals surface area (Å²) >= 11 is 0. The molecule has 0 aliphatic heterocycles. The molecule has 0 spiro atoms. The van der Waals surface area contributed by atoms with Crippen molar-refractivity contribution in [2.24, 2.45) is 7.05 Å². The van der Waals surface area contributed by atoms with E-state index in [4.69, 9.17) is 13.9 Å². The van der Waals surface area contributed by atoms with Gasteiger partial charge in [0, 0.05) is 19.4 Å². The van der Waals surface area contributed by atoms with E-state index in [-0.39, 0.29) is 17.6 Å². The molecule has 1 aromatic carbocycles. The number of sulfonamides is 1. The van der Waals surface area contributed by atoms with Crippen LogP contribution in [0.4, 0.5) is 5.95 Å². The average molecular weight is 503 g/mol. The Morgan fingerprint density at radius 3 is 2.34 bits per heavy atom. The lowest BCUT2D eigenvalue weighted by molar-refractivity contribution is 0.163. The van der Waals surface area contributed by atoms with Crippen LogP contribution in [0.25, 0.3) is 17.3 Å². The van der Waals surface area contributed by atoms with Crippen LogP contribution in [0.15, 0.2) is 47.1 Å². The quantitative estimate of drug-likeness (QED) is 0.352. The lowest BCUT2D eigenvalue weighted by atomic mass is 10.2. The number of para-hydroxylation sites is 1. The van der Waals surface area contributed by atoms with Crippen molar-refractivity contribution in [1.82, 2.24) is 24.3 Å². The van der Waals surface area contributed by atoms with Crippen LogP contribution < -0.4 is 14.2 Å². The van der Waals surface area contributed by atoms with E-state index in [1.54, 1.807) is 55.1 Å². The second-order valence-corrected chi connectivity index (χ2v) is 9.84. The maximum atomic E-state index is 13.3. The fraction of sp³-hybridized carbons (Fsp3) is 0.318. The summed E-state index contributed by atoms with van der Waals surface area (Å²) in [4.78, 5) is 4.06. The van der Waals surface area contributed by atoms with Crippen LogP contribution in [0.3, 0.4) is 0 Å². The summed E-state index contributed by atoms with van der Waals surface area (Å²) in [5.41, 5.74) is 0.363. The molecule has 186 valence electrons. The highest BCUT2D eigenvalue weighted by Crippen LogP contribution is 2.38. The predicted molar refractivity (Wildman–Crippen MR) is 127 cm³/mol. The number of methoxy groups -OCH3 is 2. The number of rotatable bonds is 9. The fourth-order valence-corrected chi connectivity index (χ4v) is 4.62. The van der Waals surface area contributed by atoms with Crippen molar-refractivity contribution < 1.29 is 27.4 Å². The third-order valence-electron chi connectivity index (χ3n) is 5.54. The maximum Gasteiger partial charge on any atom is 0.243 e. The first-order chi connectivity index (χ1) is 16.7. The summed E-state index contributed by atoms with van der Waals surface area (Å²) in [6.45, 7) is 3.15. The zero-order chi connectivity index (χ0) is 25.3. The number of anilines is 1. The van der Waals surface area contributed by atoms with E-state index in [2.05, 4.69) is 19.9 Å². The first-order valence-electron chi connectivity index (χ1n) is 10.6. The zero-order valence-electron chi connectivity index (χ0n) is 19.8. The van der Waals surface area contributed by atoms with Crippen molar-refractivity contribution in [2.45, 2.75) is 25.2 Å². The van der Waals surface area contributed by atoms with Crippen molar-refractivity contribution in [3.05, 3.63) is 54.3 Å². The molecule has 12 nitrogen and oxygen atoms in total. The smallest absolute Gasteiger partial charge is 0.243 e. The van der Waals surface area contributed by atoms with Crippen molar-refractivity contribution in [2.75, 3.05) is 18.9 Å². The Labute approximate surface area is 202 Å². The van der Waals surface area contributed by atoms with Gasteiger partial charge >= 0.3 is 0 Å². The molecule has 3 heterocycles.